The molecule has 0 saturated carbocycles. The van der Waals surface area contributed by atoms with E-state index in [0.717, 1.165) is 34.6 Å². The van der Waals surface area contributed by atoms with Crippen LogP contribution in [0.3, 0.4) is 0 Å². The van der Waals surface area contributed by atoms with Gasteiger partial charge < -0.3 is 14.7 Å². The largest absolute Gasteiger partial charge is 0.359 e. The number of hydrogen-bond donors (Lipinski definition) is 1. The fourth-order valence-corrected chi connectivity index (χ4v) is 3.32. The fourth-order valence-electron chi connectivity index (χ4n) is 3.32. The summed E-state index contributed by atoms with van der Waals surface area (Å²) in [6.45, 7) is 5.67. The summed E-state index contributed by atoms with van der Waals surface area (Å²) < 4.78 is 0. The highest BCUT2D eigenvalue weighted by Gasteiger charge is 2.29. The number of para-hydroxylation sites is 1. The van der Waals surface area contributed by atoms with E-state index < -0.39 is 0 Å². The number of Topliss-reactive ketones (excluding diaryl/α,β-unsaturated/α-hetero) is 1. The quantitative estimate of drug-likeness (QED) is 0.873. The molecule has 4 nitrogen and oxygen atoms in total. The topological polar surface area (TPSA) is 53.2 Å². The first-order chi connectivity index (χ1) is 11.4. The Hall–Kier alpha value is -2.62. The number of anilines is 1. The lowest BCUT2D eigenvalue weighted by molar-refractivity contribution is -0.117. The van der Waals surface area contributed by atoms with Gasteiger partial charge in [-0.2, -0.15) is 0 Å². The molecule has 1 amide bonds. The van der Waals surface area contributed by atoms with Crippen molar-refractivity contribution in [2.75, 3.05) is 11.9 Å². The van der Waals surface area contributed by atoms with Gasteiger partial charge in [0.15, 0.2) is 0 Å². The van der Waals surface area contributed by atoms with E-state index in [4.69, 9.17) is 0 Å². The SMILES string of the molecule is CC(=O)CCc1c(C)[nH]c(/C=C2\C(=O)N(C)c3ccccc32)c1C. The van der Waals surface area contributed by atoms with E-state index in [-0.39, 0.29) is 11.7 Å². The van der Waals surface area contributed by atoms with Crippen molar-refractivity contribution in [3.05, 3.63) is 52.3 Å². The molecule has 1 N–H and O–H groups in total. The average Bonchev–Trinajstić information content (AvgIpc) is 2.95. The summed E-state index contributed by atoms with van der Waals surface area (Å²) in [5, 5.41) is 0. The molecule has 3 rings (SSSR count). The summed E-state index contributed by atoms with van der Waals surface area (Å²) in [7, 11) is 1.80. The van der Waals surface area contributed by atoms with Crippen LogP contribution in [0.4, 0.5) is 5.69 Å². The van der Waals surface area contributed by atoms with Crippen molar-refractivity contribution in [2.24, 2.45) is 0 Å². The highest BCUT2D eigenvalue weighted by Crippen LogP contribution is 2.37. The second-order valence-corrected chi connectivity index (χ2v) is 6.41. The van der Waals surface area contributed by atoms with Gasteiger partial charge in [0.25, 0.3) is 5.91 Å². The molecule has 0 spiro atoms. The third-order valence-electron chi connectivity index (χ3n) is 4.74. The number of H-pyrrole nitrogens is 1. The van der Waals surface area contributed by atoms with Gasteiger partial charge in [-0.1, -0.05) is 18.2 Å². The lowest BCUT2D eigenvalue weighted by Crippen LogP contribution is -2.20. The maximum Gasteiger partial charge on any atom is 0.258 e. The van der Waals surface area contributed by atoms with E-state index in [9.17, 15) is 9.59 Å². The molecule has 0 aliphatic carbocycles. The van der Waals surface area contributed by atoms with Gasteiger partial charge in [0, 0.05) is 30.4 Å². The van der Waals surface area contributed by atoms with Gasteiger partial charge in [-0.05, 0) is 50.5 Å². The predicted molar refractivity (Wildman–Crippen MR) is 97.0 cm³/mol. The molecule has 2 aromatic rings. The number of nitrogens with zero attached hydrogens (tertiary/aromatic N) is 1. The number of carbonyl (C=O) groups is 2. The number of amides is 1. The lowest BCUT2D eigenvalue weighted by Gasteiger charge is -2.07. The molecule has 24 heavy (non-hydrogen) atoms. The zero-order valence-corrected chi connectivity index (χ0v) is 14.6. The van der Waals surface area contributed by atoms with Crippen LogP contribution in [0.1, 0.15) is 41.4 Å². The Bertz CT molecular complexity index is 859. The number of aryl methyl sites for hydroxylation is 1. The lowest BCUT2D eigenvalue weighted by atomic mass is 10.0. The summed E-state index contributed by atoms with van der Waals surface area (Å²) in [6, 6.07) is 7.82. The molecule has 0 atom stereocenters. The Morgan fingerprint density at radius 3 is 2.67 bits per heavy atom. The van der Waals surface area contributed by atoms with E-state index in [1.165, 1.54) is 5.56 Å². The molecule has 4 heteroatoms. The number of benzene rings is 1. The first-order valence-electron chi connectivity index (χ1n) is 8.16. The molecule has 1 aromatic heterocycles. The number of ketones is 1. The number of aromatic amines is 1. The number of rotatable bonds is 4. The van der Waals surface area contributed by atoms with Crippen LogP contribution < -0.4 is 4.90 Å². The van der Waals surface area contributed by atoms with Gasteiger partial charge in [0.2, 0.25) is 0 Å². The monoisotopic (exact) mass is 322 g/mol. The van der Waals surface area contributed by atoms with E-state index in [2.05, 4.69) is 4.98 Å². The number of likely N-dealkylation sites (N-methyl/N-ethyl adjacent to an activating group) is 1. The van der Waals surface area contributed by atoms with Crippen LogP contribution in [0.25, 0.3) is 11.6 Å². The van der Waals surface area contributed by atoms with Crippen LogP contribution in [-0.2, 0) is 16.0 Å². The van der Waals surface area contributed by atoms with Crippen LogP contribution in [0.5, 0.6) is 0 Å². The van der Waals surface area contributed by atoms with Crippen molar-refractivity contribution in [1.29, 1.82) is 0 Å². The molecule has 0 fully saturated rings. The van der Waals surface area contributed by atoms with Crippen LogP contribution in [0.2, 0.25) is 0 Å². The van der Waals surface area contributed by atoms with E-state index >= 15 is 0 Å². The predicted octanol–water partition coefficient (Wildman–Crippen LogP) is 3.67. The second-order valence-electron chi connectivity index (χ2n) is 6.41. The zero-order valence-electron chi connectivity index (χ0n) is 14.6. The number of carbonyl (C=O) groups excluding carboxylic acids is 2. The Kier molecular flexibility index (Phi) is 4.14. The van der Waals surface area contributed by atoms with Gasteiger partial charge >= 0.3 is 0 Å². The molecular formula is C20H22N2O2. The minimum absolute atomic E-state index is 0.00754. The van der Waals surface area contributed by atoms with Gasteiger partial charge in [-0.25, -0.2) is 0 Å². The molecule has 1 aliphatic rings. The van der Waals surface area contributed by atoms with Crippen molar-refractivity contribution < 1.29 is 9.59 Å². The van der Waals surface area contributed by atoms with E-state index in [1.807, 2.05) is 44.2 Å². The standard InChI is InChI=1S/C20H22N2O2/c1-12(23)9-10-15-13(2)18(21-14(15)3)11-17-16-7-5-6-8-19(16)22(4)20(17)24/h5-8,11,21H,9-10H2,1-4H3/b17-11-. The molecule has 1 aliphatic heterocycles. The van der Waals surface area contributed by atoms with Gasteiger partial charge in [0.05, 0.1) is 11.3 Å². The molecule has 124 valence electrons. The minimum atomic E-state index is 0.00754. The number of nitrogens with one attached hydrogen (secondary N) is 1. The third-order valence-corrected chi connectivity index (χ3v) is 4.74. The van der Waals surface area contributed by atoms with Crippen LogP contribution in [0.15, 0.2) is 24.3 Å². The molecule has 0 bridgehead atoms. The van der Waals surface area contributed by atoms with Crippen LogP contribution in [0, 0.1) is 13.8 Å². The van der Waals surface area contributed by atoms with E-state index in [1.54, 1.807) is 18.9 Å². The third kappa shape index (κ3) is 2.68. The van der Waals surface area contributed by atoms with Crippen LogP contribution >= 0.6 is 0 Å². The van der Waals surface area contributed by atoms with Crippen molar-refractivity contribution in [3.63, 3.8) is 0 Å². The van der Waals surface area contributed by atoms with Gasteiger partial charge in [-0.3, -0.25) is 4.79 Å². The maximum absolute atomic E-state index is 12.6. The molecule has 0 unspecified atom stereocenters. The Morgan fingerprint density at radius 1 is 1.25 bits per heavy atom. The molecule has 2 heterocycles. The van der Waals surface area contributed by atoms with Crippen molar-refractivity contribution in [1.82, 2.24) is 4.98 Å². The summed E-state index contributed by atoms with van der Waals surface area (Å²) in [5.41, 5.74) is 6.89. The van der Waals surface area contributed by atoms with Gasteiger partial charge in [0.1, 0.15) is 5.78 Å². The second kappa shape index (κ2) is 6.11. The molecule has 0 radical (unpaired) electrons. The smallest absolute Gasteiger partial charge is 0.258 e. The zero-order chi connectivity index (χ0) is 17.4. The summed E-state index contributed by atoms with van der Waals surface area (Å²) in [4.78, 5) is 28.9. The first kappa shape index (κ1) is 16.2. The first-order valence-corrected chi connectivity index (χ1v) is 8.16. The average molecular weight is 322 g/mol. The van der Waals surface area contributed by atoms with Gasteiger partial charge in [-0.15, -0.1) is 0 Å². The van der Waals surface area contributed by atoms with Crippen molar-refractivity contribution in [2.45, 2.75) is 33.6 Å². The van der Waals surface area contributed by atoms with Crippen LogP contribution in [-0.4, -0.2) is 23.7 Å². The minimum Gasteiger partial charge on any atom is -0.359 e. The Labute approximate surface area is 142 Å². The summed E-state index contributed by atoms with van der Waals surface area (Å²) in [5.74, 6) is 0.199. The highest BCUT2D eigenvalue weighted by molar-refractivity contribution is 6.35. The highest BCUT2D eigenvalue weighted by atomic mass is 16.2. The number of hydrogen-bond acceptors (Lipinski definition) is 2. The fraction of sp³-hybridized carbons (Fsp3) is 0.300. The summed E-state index contributed by atoms with van der Waals surface area (Å²) in [6.07, 6.45) is 3.21. The number of aromatic nitrogens is 1. The van der Waals surface area contributed by atoms with E-state index in [0.29, 0.717) is 12.0 Å². The molecule has 1 aromatic carbocycles. The van der Waals surface area contributed by atoms with Crippen molar-refractivity contribution in [3.8, 4) is 0 Å². The molecule has 0 saturated heterocycles. The summed E-state index contributed by atoms with van der Waals surface area (Å²) >= 11 is 0. The van der Waals surface area contributed by atoms with Crippen molar-refractivity contribution >= 4 is 29.0 Å². The molecular weight excluding hydrogens is 300 g/mol. The normalized spacial score (nSPS) is 15.2. The number of fused-ring (bicyclic) bond motifs is 1. The Balaban J connectivity index is 2.02. The Morgan fingerprint density at radius 2 is 1.96 bits per heavy atom. The maximum atomic E-state index is 12.6.